The number of furan rings is 1. The summed E-state index contributed by atoms with van der Waals surface area (Å²) in [5.74, 6) is -0.0662. The first kappa shape index (κ1) is 16.1. The molecule has 1 unspecified atom stereocenters. The Morgan fingerprint density at radius 1 is 1.11 bits per heavy atom. The van der Waals surface area contributed by atoms with Gasteiger partial charge in [-0.1, -0.05) is 24.3 Å². The van der Waals surface area contributed by atoms with Crippen LogP contribution in [0, 0.1) is 5.82 Å². The number of rotatable bonds is 2. The summed E-state index contributed by atoms with van der Waals surface area (Å²) in [5, 5.41) is 8.74. The number of halogens is 1. The lowest BCUT2D eigenvalue weighted by atomic mass is 9.83. The average molecular weight is 359 g/mol. The first-order valence-electron chi connectivity index (χ1n) is 8.95. The molecule has 3 heterocycles. The van der Waals surface area contributed by atoms with Crippen LogP contribution in [0.4, 0.5) is 4.39 Å². The standard InChI is InChI=1S/C22H18FN3O/c1-26-12-19(15-3-2-14-7-9-27-21(14)10-15)18-5-4-17(22(23)20(18)13-26)16-6-8-24-25-11-16/h2-11,19H,12-13H2,1H3. The lowest BCUT2D eigenvalue weighted by Crippen LogP contribution is -2.31. The summed E-state index contributed by atoms with van der Waals surface area (Å²) in [5.41, 5.74) is 5.11. The van der Waals surface area contributed by atoms with E-state index in [0.29, 0.717) is 12.1 Å². The largest absolute Gasteiger partial charge is 0.464 e. The molecule has 2 aromatic heterocycles. The fourth-order valence-electron chi connectivity index (χ4n) is 4.01. The number of likely N-dealkylation sites (N-methyl/N-ethyl adjacent to an activating group) is 1. The molecule has 4 nitrogen and oxygen atoms in total. The van der Waals surface area contributed by atoms with Crippen molar-refractivity contribution in [2.24, 2.45) is 0 Å². The zero-order valence-corrected chi connectivity index (χ0v) is 14.9. The van der Waals surface area contributed by atoms with Gasteiger partial charge in [0.15, 0.2) is 0 Å². The van der Waals surface area contributed by atoms with Crippen molar-refractivity contribution in [3.63, 3.8) is 0 Å². The summed E-state index contributed by atoms with van der Waals surface area (Å²) in [6.45, 7) is 1.43. The monoisotopic (exact) mass is 359 g/mol. The Balaban J connectivity index is 1.64. The molecule has 5 rings (SSSR count). The van der Waals surface area contributed by atoms with Crippen molar-refractivity contribution in [1.29, 1.82) is 0 Å². The van der Waals surface area contributed by atoms with Crippen LogP contribution in [0.1, 0.15) is 22.6 Å². The second kappa shape index (κ2) is 6.28. The first-order chi connectivity index (χ1) is 13.2. The van der Waals surface area contributed by atoms with Crippen molar-refractivity contribution >= 4 is 11.0 Å². The maximum Gasteiger partial charge on any atom is 0.135 e. The Morgan fingerprint density at radius 2 is 2.04 bits per heavy atom. The second-order valence-electron chi connectivity index (χ2n) is 7.09. The zero-order valence-electron chi connectivity index (χ0n) is 14.9. The summed E-state index contributed by atoms with van der Waals surface area (Å²) in [6.07, 6.45) is 4.88. The third-order valence-electron chi connectivity index (χ3n) is 5.35. The molecule has 4 aromatic rings. The quantitative estimate of drug-likeness (QED) is 0.524. The van der Waals surface area contributed by atoms with Gasteiger partial charge in [0, 0.05) is 41.1 Å². The molecule has 27 heavy (non-hydrogen) atoms. The van der Waals surface area contributed by atoms with Crippen LogP contribution in [0.25, 0.3) is 22.1 Å². The van der Waals surface area contributed by atoms with E-state index in [-0.39, 0.29) is 11.7 Å². The summed E-state index contributed by atoms with van der Waals surface area (Å²) < 4.78 is 21.0. The predicted octanol–water partition coefficient (Wildman–Crippen LogP) is 4.61. The number of hydrogen-bond acceptors (Lipinski definition) is 4. The molecule has 0 aliphatic carbocycles. The highest BCUT2D eigenvalue weighted by Crippen LogP contribution is 2.38. The van der Waals surface area contributed by atoms with Crippen molar-refractivity contribution in [3.05, 3.63) is 83.6 Å². The van der Waals surface area contributed by atoms with E-state index in [1.54, 1.807) is 24.7 Å². The normalized spacial score (nSPS) is 17.2. The Kier molecular flexibility index (Phi) is 3.76. The van der Waals surface area contributed by atoms with Crippen LogP contribution in [-0.2, 0) is 6.54 Å². The summed E-state index contributed by atoms with van der Waals surface area (Å²) >= 11 is 0. The molecule has 0 bridgehead atoms. The van der Waals surface area contributed by atoms with E-state index in [2.05, 4.69) is 39.4 Å². The van der Waals surface area contributed by atoms with Gasteiger partial charge in [-0.05, 0) is 36.4 Å². The molecule has 0 radical (unpaired) electrons. The Morgan fingerprint density at radius 3 is 2.89 bits per heavy atom. The SMILES string of the molecule is CN1Cc2c(ccc(-c3ccnnc3)c2F)C(c2ccc3ccoc3c2)C1. The zero-order chi connectivity index (χ0) is 18.4. The van der Waals surface area contributed by atoms with E-state index in [0.717, 1.165) is 39.8 Å². The van der Waals surface area contributed by atoms with Gasteiger partial charge in [-0.3, -0.25) is 0 Å². The maximum atomic E-state index is 15.4. The number of benzene rings is 2. The third-order valence-corrected chi connectivity index (χ3v) is 5.35. The summed E-state index contributed by atoms with van der Waals surface area (Å²) in [7, 11) is 2.03. The maximum absolute atomic E-state index is 15.4. The van der Waals surface area contributed by atoms with E-state index in [9.17, 15) is 0 Å². The van der Waals surface area contributed by atoms with Gasteiger partial charge < -0.3 is 9.32 Å². The molecule has 134 valence electrons. The first-order valence-corrected chi connectivity index (χ1v) is 8.95. The minimum atomic E-state index is -0.170. The number of nitrogens with zero attached hydrogens (tertiary/aromatic N) is 3. The van der Waals surface area contributed by atoms with E-state index < -0.39 is 0 Å². The van der Waals surface area contributed by atoms with Crippen LogP contribution in [0.5, 0.6) is 0 Å². The average Bonchev–Trinajstić information content (AvgIpc) is 3.17. The predicted molar refractivity (Wildman–Crippen MR) is 102 cm³/mol. The molecule has 5 heteroatoms. The molecule has 0 fully saturated rings. The van der Waals surface area contributed by atoms with Gasteiger partial charge in [0.1, 0.15) is 11.4 Å². The Bertz CT molecular complexity index is 1120. The second-order valence-corrected chi connectivity index (χ2v) is 7.09. The van der Waals surface area contributed by atoms with Gasteiger partial charge in [-0.2, -0.15) is 10.2 Å². The lowest BCUT2D eigenvalue weighted by molar-refractivity contribution is 0.289. The van der Waals surface area contributed by atoms with E-state index in [4.69, 9.17) is 4.42 Å². The molecule has 0 spiro atoms. The highest BCUT2D eigenvalue weighted by molar-refractivity contribution is 5.78. The lowest BCUT2D eigenvalue weighted by Gasteiger charge is -2.33. The third kappa shape index (κ3) is 2.71. The van der Waals surface area contributed by atoms with Gasteiger partial charge >= 0.3 is 0 Å². The van der Waals surface area contributed by atoms with Crippen LogP contribution in [0.2, 0.25) is 0 Å². The van der Waals surface area contributed by atoms with Crippen LogP contribution < -0.4 is 0 Å². The van der Waals surface area contributed by atoms with Crippen molar-refractivity contribution in [3.8, 4) is 11.1 Å². The van der Waals surface area contributed by atoms with Gasteiger partial charge in [-0.25, -0.2) is 4.39 Å². The molecule has 1 atom stereocenters. The van der Waals surface area contributed by atoms with Crippen molar-refractivity contribution in [2.45, 2.75) is 12.5 Å². The molecule has 0 N–H and O–H groups in total. The molecule has 1 aliphatic rings. The van der Waals surface area contributed by atoms with Crippen LogP contribution in [-0.4, -0.2) is 28.7 Å². The number of aromatic nitrogens is 2. The van der Waals surface area contributed by atoms with E-state index >= 15 is 4.39 Å². The molecular formula is C22H18FN3O. The van der Waals surface area contributed by atoms with Gasteiger partial charge in [0.05, 0.1) is 18.7 Å². The van der Waals surface area contributed by atoms with Gasteiger partial charge in [0.2, 0.25) is 0 Å². The highest BCUT2D eigenvalue weighted by Gasteiger charge is 2.28. The Labute approximate surface area is 156 Å². The smallest absolute Gasteiger partial charge is 0.135 e. The topological polar surface area (TPSA) is 42.2 Å². The molecule has 0 amide bonds. The van der Waals surface area contributed by atoms with Gasteiger partial charge in [-0.15, -0.1) is 0 Å². The van der Waals surface area contributed by atoms with Crippen molar-refractivity contribution in [1.82, 2.24) is 15.1 Å². The number of fused-ring (bicyclic) bond motifs is 2. The van der Waals surface area contributed by atoms with Crippen LogP contribution in [0.3, 0.4) is 0 Å². The minimum absolute atomic E-state index is 0.104. The van der Waals surface area contributed by atoms with E-state index in [1.807, 2.05) is 19.2 Å². The summed E-state index contributed by atoms with van der Waals surface area (Å²) in [6, 6.07) is 13.9. The van der Waals surface area contributed by atoms with Crippen LogP contribution in [0.15, 0.2) is 65.5 Å². The molecule has 0 saturated heterocycles. The molecular weight excluding hydrogens is 341 g/mol. The summed E-state index contributed by atoms with van der Waals surface area (Å²) in [4.78, 5) is 2.16. The fraction of sp³-hybridized carbons (Fsp3) is 0.182. The van der Waals surface area contributed by atoms with Crippen LogP contribution >= 0.6 is 0 Å². The van der Waals surface area contributed by atoms with Gasteiger partial charge in [0.25, 0.3) is 0 Å². The number of hydrogen-bond donors (Lipinski definition) is 0. The minimum Gasteiger partial charge on any atom is -0.464 e. The van der Waals surface area contributed by atoms with Crippen molar-refractivity contribution in [2.75, 3.05) is 13.6 Å². The molecule has 1 aliphatic heterocycles. The van der Waals surface area contributed by atoms with E-state index in [1.165, 1.54) is 0 Å². The molecule has 0 saturated carbocycles. The Hall–Kier alpha value is -3.05. The highest BCUT2D eigenvalue weighted by atomic mass is 19.1. The van der Waals surface area contributed by atoms with Crippen molar-refractivity contribution < 1.29 is 8.81 Å². The molecule has 2 aromatic carbocycles. The fourth-order valence-corrected chi connectivity index (χ4v) is 4.01.